The lowest BCUT2D eigenvalue weighted by atomic mass is 10.1. The third-order valence-corrected chi connectivity index (χ3v) is 4.00. The van der Waals surface area contributed by atoms with E-state index in [1.165, 1.54) is 4.68 Å². The minimum absolute atomic E-state index is 0.145. The summed E-state index contributed by atoms with van der Waals surface area (Å²) in [6.45, 7) is 3.06. The maximum atomic E-state index is 11.7. The fraction of sp³-hybridized carbons (Fsp3) is 0.692. The van der Waals surface area contributed by atoms with E-state index >= 15 is 0 Å². The van der Waals surface area contributed by atoms with Gasteiger partial charge in [0.25, 0.3) is 5.56 Å². The lowest BCUT2D eigenvalue weighted by Crippen LogP contribution is -2.24. The van der Waals surface area contributed by atoms with Gasteiger partial charge in [0.15, 0.2) is 0 Å². The van der Waals surface area contributed by atoms with Crippen LogP contribution in [0.1, 0.15) is 19.3 Å². The predicted molar refractivity (Wildman–Crippen MR) is 80.1 cm³/mol. The van der Waals surface area contributed by atoms with Crippen molar-refractivity contribution in [3.05, 3.63) is 21.0 Å². The number of hydrogen-bond acceptors (Lipinski definition) is 5. The van der Waals surface area contributed by atoms with Gasteiger partial charge in [0.2, 0.25) is 0 Å². The van der Waals surface area contributed by atoms with Crippen LogP contribution in [0.4, 0.5) is 5.69 Å². The van der Waals surface area contributed by atoms with Crippen molar-refractivity contribution in [1.82, 2.24) is 9.78 Å². The number of ether oxygens (including phenoxy) is 2. The molecule has 7 heteroatoms. The van der Waals surface area contributed by atoms with Crippen LogP contribution in [0.15, 0.2) is 15.5 Å². The molecule has 1 aromatic rings. The van der Waals surface area contributed by atoms with E-state index in [0.29, 0.717) is 17.2 Å². The highest BCUT2D eigenvalue weighted by Gasteiger charge is 2.13. The third-order valence-electron chi connectivity index (χ3n) is 3.24. The Kier molecular flexibility index (Phi) is 6.00. The first-order chi connectivity index (χ1) is 9.68. The molecule has 0 aromatic carbocycles. The summed E-state index contributed by atoms with van der Waals surface area (Å²) in [6, 6.07) is 0. The fourth-order valence-corrected chi connectivity index (χ4v) is 2.52. The van der Waals surface area contributed by atoms with Crippen LogP contribution >= 0.6 is 15.9 Å². The Morgan fingerprint density at radius 2 is 2.30 bits per heavy atom. The van der Waals surface area contributed by atoms with E-state index in [1.54, 1.807) is 13.2 Å². The Morgan fingerprint density at radius 3 is 3.05 bits per heavy atom. The molecule has 6 nitrogen and oxygen atoms in total. The van der Waals surface area contributed by atoms with Gasteiger partial charge in [-0.2, -0.15) is 5.10 Å². The Bertz CT molecular complexity index is 486. The van der Waals surface area contributed by atoms with Crippen LogP contribution in [0.5, 0.6) is 0 Å². The molecule has 0 amide bonds. The molecule has 0 bridgehead atoms. The highest BCUT2D eigenvalue weighted by Crippen LogP contribution is 2.15. The van der Waals surface area contributed by atoms with Crippen molar-refractivity contribution >= 4 is 21.6 Å². The van der Waals surface area contributed by atoms with Crippen molar-refractivity contribution in [3.63, 3.8) is 0 Å². The number of anilines is 1. The summed E-state index contributed by atoms with van der Waals surface area (Å²) in [5.41, 5.74) is 0.577. The average molecular weight is 346 g/mol. The summed E-state index contributed by atoms with van der Waals surface area (Å²) in [4.78, 5) is 11.7. The summed E-state index contributed by atoms with van der Waals surface area (Å²) in [5.74, 6) is 0. The first kappa shape index (κ1) is 15.5. The van der Waals surface area contributed by atoms with Crippen LogP contribution < -0.4 is 10.9 Å². The van der Waals surface area contributed by atoms with Crippen LogP contribution in [0.2, 0.25) is 0 Å². The first-order valence-corrected chi connectivity index (χ1v) is 7.63. The molecule has 112 valence electrons. The van der Waals surface area contributed by atoms with E-state index in [-0.39, 0.29) is 5.56 Å². The van der Waals surface area contributed by atoms with Crippen molar-refractivity contribution in [1.29, 1.82) is 0 Å². The van der Waals surface area contributed by atoms with Gasteiger partial charge in [0.1, 0.15) is 4.47 Å². The molecule has 2 heterocycles. The molecule has 2 rings (SSSR count). The van der Waals surface area contributed by atoms with Crippen molar-refractivity contribution in [2.75, 3.05) is 31.7 Å². The van der Waals surface area contributed by atoms with Crippen LogP contribution in [0, 0.1) is 0 Å². The van der Waals surface area contributed by atoms with Gasteiger partial charge in [0, 0.05) is 33.4 Å². The lowest BCUT2D eigenvalue weighted by molar-refractivity contribution is -0.0316. The van der Waals surface area contributed by atoms with Crippen molar-refractivity contribution < 1.29 is 9.47 Å². The van der Waals surface area contributed by atoms with Gasteiger partial charge in [-0.1, -0.05) is 0 Å². The molecular weight excluding hydrogens is 326 g/mol. The van der Waals surface area contributed by atoms with Crippen molar-refractivity contribution in [2.24, 2.45) is 7.05 Å². The molecule has 0 unspecified atom stereocenters. The molecule has 1 saturated heterocycles. The standard InChI is InChI=1S/C13H20BrN3O3/c1-17-13(18)12(14)11(9-16-17)15-5-2-6-20-10-3-7-19-8-4-10/h9-10,15H,2-8H2,1H3. The Morgan fingerprint density at radius 1 is 1.55 bits per heavy atom. The molecule has 0 saturated carbocycles. The van der Waals surface area contributed by atoms with Crippen molar-refractivity contribution in [2.45, 2.75) is 25.4 Å². The van der Waals surface area contributed by atoms with Crippen LogP contribution in [0.25, 0.3) is 0 Å². The normalized spacial score (nSPS) is 16.3. The molecule has 0 radical (unpaired) electrons. The Labute approximate surface area is 126 Å². The summed E-state index contributed by atoms with van der Waals surface area (Å²) in [6.07, 6.45) is 4.83. The molecular formula is C13H20BrN3O3. The van der Waals surface area contributed by atoms with Crippen LogP contribution in [-0.4, -0.2) is 42.2 Å². The molecule has 1 aliphatic rings. The summed E-state index contributed by atoms with van der Waals surface area (Å²) in [5, 5.41) is 7.17. The van der Waals surface area contributed by atoms with E-state index in [0.717, 1.165) is 44.7 Å². The SMILES string of the molecule is Cn1ncc(NCCCOC2CCOCC2)c(Br)c1=O. The second-order valence-corrected chi connectivity index (χ2v) is 5.56. The third kappa shape index (κ3) is 4.29. The number of aromatic nitrogens is 2. The van der Waals surface area contributed by atoms with Crippen LogP contribution in [0.3, 0.4) is 0 Å². The minimum atomic E-state index is -0.145. The number of hydrogen-bond donors (Lipinski definition) is 1. The van der Waals surface area contributed by atoms with E-state index in [9.17, 15) is 4.79 Å². The van der Waals surface area contributed by atoms with E-state index in [2.05, 4.69) is 26.3 Å². The molecule has 20 heavy (non-hydrogen) atoms. The maximum Gasteiger partial charge on any atom is 0.282 e. The van der Waals surface area contributed by atoms with Gasteiger partial charge in [-0.15, -0.1) is 0 Å². The van der Waals surface area contributed by atoms with Gasteiger partial charge in [-0.25, -0.2) is 4.68 Å². The number of nitrogens with one attached hydrogen (secondary N) is 1. The largest absolute Gasteiger partial charge is 0.383 e. The Balaban J connectivity index is 1.68. The lowest BCUT2D eigenvalue weighted by Gasteiger charge is -2.22. The number of nitrogens with zero attached hydrogens (tertiary/aromatic N) is 2. The second-order valence-electron chi connectivity index (χ2n) is 4.76. The molecule has 0 aliphatic carbocycles. The molecule has 1 fully saturated rings. The number of halogens is 1. The minimum Gasteiger partial charge on any atom is -0.383 e. The maximum absolute atomic E-state index is 11.7. The van der Waals surface area contributed by atoms with Crippen LogP contribution in [-0.2, 0) is 16.5 Å². The van der Waals surface area contributed by atoms with Crippen molar-refractivity contribution in [3.8, 4) is 0 Å². The highest BCUT2D eigenvalue weighted by molar-refractivity contribution is 9.10. The predicted octanol–water partition coefficient (Wildman–Crippen LogP) is 1.54. The average Bonchev–Trinajstić information content (AvgIpc) is 2.48. The summed E-state index contributed by atoms with van der Waals surface area (Å²) < 4.78 is 12.9. The summed E-state index contributed by atoms with van der Waals surface area (Å²) in [7, 11) is 1.62. The van der Waals surface area contributed by atoms with Gasteiger partial charge >= 0.3 is 0 Å². The molecule has 0 atom stereocenters. The molecule has 1 N–H and O–H groups in total. The molecule has 1 aliphatic heterocycles. The second kappa shape index (κ2) is 7.75. The zero-order valence-corrected chi connectivity index (χ0v) is 13.2. The quantitative estimate of drug-likeness (QED) is 0.792. The topological polar surface area (TPSA) is 65.4 Å². The molecule has 0 spiro atoms. The molecule has 1 aromatic heterocycles. The zero-order chi connectivity index (χ0) is 14.4. The number of aryl methyl sites for hydroxylation is 1. The van der Waals surface area contributed by atoms with E-state index in [4.69, 9.17) is 9.47 Å². The monoisotopic (exact) mass is 345 g/mol. The van der Waals surface area contributed by atoms with Gasteiger partial charge in [0.05, 0.1) is 18.0 Å². The van der Waals surface area contributed by atoms with Gasteiger partial charge < -0.3 is 14.8 Å². The first-order valence-electron chi connectivity index (χ1n) is 6.83. The smallest absolute Gasteiger partial charge is 0.282 e. The van der Waals surface area contributed by atoms with Gasteiger partial charge in [-0.3, -0.25) is 4.79 Å². The number of rotatable bonds is 6. The fourth-order valence-electron chi connectivity index (χ4n) is 2.02. The van der Waals surface area contributed by atoms with E-state index in [1.807, 2.05) is 0 Å². The Hall–Kier alpha value is -0.920. The summed E-state index contributed by atoms with van der Waals surface area (Å²) >= 11 is 3.28. The zero-order valence-electron chi connectivity index (χ0n) is 11.6. The van der Waals surface area contributed by atoms with E-state index < -0.39 is 0 Å². The van der Waals surface area contributed by atoms with Gasteiger partial charge in [-0.05, 0) is 35.2 Å². The highest BCUT2D eigenvalue weighted by atomic mass is 79.9.